The second-order valence-electron chi connectivity index (χ2n) is 6.72. The number of hydrogen-bond acceptors (Lipinski definition) is 4. The average Bonchev–Trinajstić information content (AvgIpc) is 3.35. The summed E-state index contributed by atoms with van der Waals surface area (Å²) in [4.78, 5) is 20.4. The number of halogens is 1. The van der Waals surface area contributed by atoms with E-state index in [1.807, 2.05) is 49.4 Å². The van der Waals surface area contributed by atoms with E-state index in [9.17, 15) is 4.79 Å². The van der Waals surface area contributed by atoms with Gasteiger partial charge in [0.25, 0.3) is 5.91 Å². The number of benzene rings is 2. The summed E-state index contributed by atoms with van der Waals surface area (Å²) in [6.45, 7) is 1.82. The Morgan fingerprint density at radius 3 is 2.07 bits per heavy atom. The molecule has 6 heteroatoms. The van der Waals surface area contributed by atoms with Crippen LogP contribution in [-0.2, 0) is 4.79 Å². The summed E-state index contributed by atoms with van der Waals surface area (Å²) >= 11 is 0. The number of aromatic nitrogens is 2. The highest BCUT2D eigenvalue weighted by Gasteiger charge is 2.72. The number of hydrogen-bond donors (Lipinski definition) is 2. The van der Waals surface area contributed by atoms with Crippen LogP contribution in [0.1, 0.15) is 28.8 Å². The Balaban J connectivity index is 1.67. The summed E-state index contributed by atoms with van der Waals surface area (Å²) in [5.74, 6) is -1.62. The number of amides is 1. The first-order chi connectivity index (χ1) is 13.1. The molecule has 2 N–H and O–H groups in total. The van der Waals surface area contributed by atoms with Crippen molar-refractivity contribution < 1.29 is 14.4 Å². The van der Waals surface area contributed by atoms with Gasteiger partial charge in [-0.25, -0.2) is 19.8 Å². The molecule has 1 aliphatic carbocycles. The Kier molecular flexibility index (Phi) is 4.20. The van der Waals surface area contributed by atoms with Crippen LogP contribution in [-0.4, -0.2) is 26.8 Å². The fourth-order valence-electron chi connectivity index (χ4n) is 3.68. The van der Waals surface area contributed by atoms with E-state index in [0.717, 1.165) is 16.7 Å². The first-order valence-electron chi connectivity index (χ1n) is 8.63. The van der Waals surface area contributed by atoms with Gasteiger partial charge in [-0.3, -0.25) is 10.0 Å². The van der Waals surface area contributed by atoms with Crippen LogP contribution >= 0.6 is 0 Å². The van der Waals surface area contributed by atoms with Gasteiger partial charge in [0.05, 0.1) is 0 Å². The number of alkyl halides is 1. The van der Waals surface area contributed by atoms with Crippen LogP contribution < -0.4 is 5.48 Å². The fraction of sp³-hybridized carbons (Fsp3) is 0.190. The van der Waals surface area contributed by atoms with Crippen molar-refractivity contribution in [1.29, 1.82) is 0 Å². The van der Waals surface area contributed by atoms with Gasteiger partial charge in [-0.05, 0) is 23.6 Å². The number of carbonyl (C=O) groups excluding carboxylic acids is 1. The summed E-state index contributed by atoms with van der Waals surface area (Å²) in [5, 5.41) is 9.00. The topological polar surface area (TPSA) is 75.1 Å². The first-order valence-corrected chi connectivity index (χ1v) is 8.63. The molecule has 0 bridgehead atoms. The van der Waals surface area contributed by atoms with Gasteiger partial charge in [-0.15, -0.1) is 0 Å². The van der Waals surface area contributed by atoms with Crippen molar-refractivity contribution in [1.82, 2.24) is 15.4 Å². The molecule has 27 heavy (non-hydrogen) atoms. The molecule has 2 aromatic carbocycles. The van der Waals surface area contributed by atoms with Crippen LogP contribution in [0.2, 0.25) is 0 Å². The molecule has 136 valence electrons. The van der Waals surface area contributed by atoms with Crippen LogP contribution in [0.15, 0.2) is 67.0 Å². The number of hydroxylamine groups is 1. The molecule has 0 spiro atoms. The van der Waals surface area contributed by atoms with Crippen LogP contribution in [0.25, 0.3) is 11.1 Å². The van der Waals surface area contributed by atoms with Crippen LogP contribution in [0.5, 0.6) is 0 Å². The van der Waals surface area contributed by atoms with Crippen molar-refractivity contribution in [3.63, 3.8) is 0 Å². The zero-order chi connectivity index (χ0) is 19.0. The van der Waals surface area contributed by atoms with Gasteiger partial charge in [0.2, 0.25) is 5.67 Å². The summed E-state index contributed by atoms with van der Waals surface area (Å²) in [5.41, 5.74) is 2.50. The number of carbonyl (C=O) groups is 1. The SMILES string of the molecule is Cc1ncc(-c2ccc([C@@H]3[C@@H](c4ccccc4)[C@@]3(F)C(=O)NO)cc2)cn1. The highest BCUT2D eigenvalue weighted by molar-refractivity contribution is 5.92. The lowest BCUT2D eigenvalue weighted by Crippen LogP contribution is -2.33. The number of nitrogens with zero attached hydrogens (tertiary/aromatic N) is 2. The molecule has 0 unspecified atom stereocenters. The van der Waals surface area contributed by atoms with Gasteiger partial charge in [0.1, 0.15) is 5.82 Å². The molecule has 4 rings (SSSR count). The van der Waals surface area contributed by atoms with E-state index in [2.05, 4.69) is 9.97 Å². The van der Waals surface area contributed by atoms with Gasteiger partial charge < -0.3 is 0 Å². The Hall–Kier alpha value is -3.12. The Labute approximate surface area is 155 Å². The smallest absolute Gasteiger partial charge is 0.282 e. The summed E-state index contributed by atoms with van der Waals surface area (Å²) in [7, 11) is 0. The maximum absolute atomic E-state index is 15.5. The zero-order valence-electron chi connectivity index (χ0n) is 14.6. The van der Waals surface area contributed by atoms with Crippen molar-refractivity contribution in [2.75, 3.05) is 0 Å². The van der Waals surface area contributed by atoms with E-state index in [0.29, 0.717) is 11.4 Å². The lowest BCUT2D eigenvalue weighted by molar-refractivity contribution is -0.136. The van der Waals surface area contributed by atoms with E-state index in [4.69, 9.17) is 5.21 Å². The predicted molar refractivity (Wildman–Crippen MR) is 97.9 cm³/mol. The van der Waals surface area contributed by atoms with Crippen molar-refractivity contribution in [3.8, 4) is 11.1 Å². The Bertz CT molecular complexity index is 961. The average molecular weight is 363 g/mol. The number of rotatable bonds is 4. The highest BCUT2D eigenvalue weighted by Crippen LogP contribution is 2.66. The molecule has 0 radical (unpaired) electrons. The second kappa shape index (κ2) is 6.55. The monoisotopic (exact) mass is 363 g/mol. The molecule has 5 nitrogen and oxygen atoms in total. The Morgan fingerprint density at radius 1 is 0.963 bits per heavy atom. The molecule has 1 aliphatic rings. The largest absolute Gasteiger partial charge is 0.289 e. The third kappa shape index (κ3) is 2.88. The quantitative estimate of drug-likeness (QED) is 0.549. The molecule has 3 atom stereocenters. The molecule has 1 amide bonds. The predicted octanol–water partition coefficient (Wildman–Crippen LogP) is 3.55. The molecular weight excluding hydrogens is 345 g/mol. The Morgan fingerprint density at radius 2 is 1.52 bits per heavy atom. The third-order valence-electron chi connectivity index (χ3n) is 5.12. The van der Waals surface area contributed by atoms with E-state index in [1.54, 1.807) is 24.5 Å². The molecule has 0 aliphatic heterocycles. The van der Waals surface area contributed by atoms with Gasteiger partial charge in [-0.1, -0.05) is 54.6 Å². The number of nitrogens with one attached hydrogen (secondary N) is 1. The molecule has 1 aromatic heterocycles. The zero-order valence-corrected chi connectivity index (χ0v) is 14.6. The second-order valence-corrected chi connectivity index (χ2v) is 6.72. The summed E-state index contributed by atoms with van der Waals surface area (Å²) in [6, 6.07) is 16.4. The lowest BCUT2D eigenvalue weighted by atomic mass is 10.0. The standard InChI is InChI=1S/C21H18FN3O2/c1-13-23-11-17(12-24-13)14-7-9-16(10-8-14)19-18(15-5-3-2-4-6-15)21(19,22)20(26)25-27/h2-12,18-19,27H,1H3,(H,25,26)/t18-,19-,21+/m1/s1. The highest BCUT2D eigenvalue weighted by atomic mass is 19.1. The van der Waals surface area contributed by atoms with Gasteiger partial charge >= 0.3 is 0 Å². The first kappa shape index (κ1) is 17.3. The van der Waals surface area contributed by atoms with Gasteiger partial charge in [0.15, 0.2) is 0 Å². The van der Waals surface area contributed by atoms with Crippen molar-refractivity contribution >= 4 is 5.91 Å². The molecular formula is C21H18FN3O2. The maximum atomic E-state index is 15.5. The van der Waals surface area contributed by atoms with E-state index < -0.39 is 23.4 Å². The normalized spacial score (nSPS) is 23.7. The molecule has 1 heterocycles. The molecule has 1 saturated carbocycles. The van der Waals surface area contributed by atoms with Crippen molar-refractivity contribution in [2.45, 2.75) is 24.4 Å². The molecule has 3 aromatic rings. The van der Waals surface area contributed by atoms with Crippen LogP contribution in [0, 0.1) is 6.92 Å². The third-order valence-corrected chi connectivity index (χ3v) is 5.12. The maximum Gasteiger partial charge on any atom is 0.282 e. The van der Waals surface area contributed by atoms with E-state index in [1.165, 1.54) is 5.48 Å². The molecule has 1 fully saturated rings. The van der Waals surface area contributed by atoms with E-state index in [-0.39, 0.29) is 0 Å². The lowest BCUT2D eigenvalue weighted by Gasteiger charge is -2.06. The minimum Gasteiger partial charge on any atom is -0.289 e. The van der Waals surface area contributed by atoms with Crippen molar-refractivity contribution in [2.24, 2.45) is 0 Å². The minimum atomic E-state index is -2.18. The summed E-state index contributed by atoms with van der Waals surface area (Å²) in [6.07, 6.45) is 3.47. The van der Waals surface area contributed by atoms with Crippen LogP contribution in [0.3, 0.4) is 0 Å². The van der Waals surface area contributed by atoms with Gasteiger partial charge in [-0.2, -0.15) is 0 Å². The van der Waals surface area contributed by atoms with Crippen molar-refractivity contribution in [3.05, 3.63) is 83.9 Å². The number of aryl methyl sites for hydroxylation is 1. The van der Waals surface area contributed by atoms with Crippen LogP contribution in [0.4, 0.5) is 4.39 Å². The fourth-order valence-corrected chi connectivity index (χ4v) is 3.68. The van der Waals surface area contributed by atoms with Gasteiger partial charge in [0, 0.05) is 29.8 Å². The van der Waals surface area contributed by atoms with E-state index >= 15 is 4.39 Å². The minimum absolute atomic E-state index is 0.639. The summed E-state index contributed by atoms with van der Waals surface area (Å²) < 4.78 is 15.5. The molecule has 0 saturated heterocycles.